The Kier molecular flexibility index (Phi) is 34.8. The standard InChI is InChI=1S/C27H24ClFN6O9.C13H17FN6O7.C12H15FN6O7.C4H9NO3.ClH/c28-18-8-4-7-17(11-18)24(38)42-14-27(33-34-30)22(43-25(39)16-5-2-1-3-6-16)21(29)23(44-27)35-10-9-20(32-26(35)40)31-19(12-36)13-41-15-37;14-9-10(24)13(5-22,18-19-15)27-11(9)20-2-1-8(17-12(20)25)16-7(3-21)4-26-6-23;13-8-9(23)12(4-21,17-18-14)26-10(8)19-2-1-6(16-11(19)24)15-7(3-20)25-5-22;1-8-4(7)3(5)2-6;/h1-11,15,19,21-23,36H,12-14H2,(H,31,32,40);1-2,6-7,9-11,21-22,24H,3-5H2,(H,16,17,25);1-2,5,7-10,20-21,23H,3-4H2,(H,15,16,24);3,6H,2,5H2,1H3;1H/t19-,21-,22?,23?,27+;7-,9-,10?,11?,13+;7-,8+,9?,10?,12-;3-;/m0010./s1. The summed E-state index contributed by atoms with van der Waals surface area (Å²) in [7, 11) is 1.22. The first-order valence-corrected chi connectivity index (χ1v) is 30.1. The molecule has 8 rings (SSSR count). The molecule has 5 aromatic rings. The highest BCUT2D eigenvalue weighted by Gasteiger charge is 2.61. The van der Waals surface area contributed by atoms with Gasteiger partial charge in [-0.3, -0.25) is 32.9 Å². The highest BCUT2D eigenvalue weighted by molar-refractivity contribution is 6.30. The van der Waals surface area contributed by atoms with Crippen molar-refractivity contribution < 1.29 is 125 Å². The molecule has 0 aliphatic carbocycles. The van der Waals surface area contributed by atoms with Gasteiger partial charge in [-0.1, -0.05) is 51.2 Å². The summed E-state index contributed by atoms with van der Waals surface area (Å²) in [6, 6.07) is 14.5. The SMILES string of the molecule is COC(=O)[C@@H](N)CO.Cl.[N-]=[N+]=N[C@]1(CO)OC(n2ccc(N[C@@H](CO)COC=O)nc2=O)[C@@H](F)C1O.[N-]=[N+]=N[C@]1(CO)OC(n2ccc(N[C@@H](CO)OC=O)nc2=O)[C@@H](F)C1O.[N-]=[N+]=N[C@]1(COC(=O)c2cccc(Cl)c2)OC(n2ccc(N[C@@H](CO)COC=O)nc2=O)[C@@H](F)C1OC(=O)c1ccccc1. The minimum atomic E-state index is -2.47. The van der Waals surface area contributed by atoms with E-state index in [4.69, 9.17) is 62.3 Å². The minimum absolute atomic E-state index is 0. The summed E-state index contributed by atoms with van der Waals surface area (Å²) in [5.41, 5.74) is 21.4. The molecule has 3 aliphatic heterocycles. The van der Waals surface area contributed by atoms with Crippen LogP contribution in [0.3, 0.4) is 0 Å². The fourth-order valence-electron chi connectivity index (χ4n) is 9.24. The third-order valence-electron chi connectivity index (χ3n) is 14.4. The maximum Gasteiger partial charge on any atom is 0.351 e. The zero-order valence-electron chi connectivity index (χ0n) is 54.4. The Morgan fingerprint density at radius 1 is 0.632 bits per heavy atom. The number of benzene rings is 2. The van der Waals surface area contributed by atoms with Gasteiger partial charge >= 0.3 is 35.0 Å². The quantitative estimate of drug-likeness (QED) is 0.00443. The van der Waals surface area contributed by atoms with Gasteiger partial charge in [0.05, 0.1) is 70.0 Å². The number of aliphatic hydroxyl groups is 8. The molecule has 0 radical (unpaired) electrons. The van der Waals surface area contributed by atoms with E-state index in [1.807, 2.05) is 0 Å². The van der Waals surface area contributed by atoms with Gasteiger partial charge in [-0.25, -0.2) is 37.1 Å². The van der Waals surface area contributed by atoms with E-state index in [2.05, 4.69) is 79.9 Å². The Morgan fingerprint density at radius 3 is 1.44 bits per heavy atom. The van der Waals surface area contributed by atoms with Gasteiger partial charge in [0.1, 0.15) is 55.5 Å². The number of esters is 3. The van der Waals surface area contributed by atoms with E-state index in [1.165, 1.54) is 73.8 Å². The minimum Gasteiger partial charge on any atom is -0.468 e. The molecule has 3 aliphatic rings. The molecule has 45 nitrogen and oxygen atoms in total. The van der Waals surface area contributed by atoms with Crippen LogP contribution in [0, 0.1) is 0 Å². The molecule has 0 amide bonds. The van der Waals surface area contributed by atoms with Crippen molar-refractivity contribution in [1.82, 2.24) is 28.7 Å². The van der Waals surface area contributed by atoms with Crippen LogP contribution in [0.2, 0.25) is 5.02 Å². The molecule has 3 fully saturated rings. The normalized spacial score (nSPS) is 24.1. The van der Waals surface area contributed by atoms with E-state index in [1.54, 1.807) is 6.07 Å². The van der Waals surface area contributed by atoms with Crippen molar-refractivity contribution in [3.05, 3.63) is 170 Å². The van der Waals surface area contributed by atoms with Crippen molar-refractivity contribution in [2.75, 3.05) is 82.5 Å². The Balaban J connectivity index is 0.000000332. The number of anilines is 3. The Labute approximate surface area is 601 Å². The summed E-state index contributed by atoms with van der Waals surface area (Å²) in [5, 5.41) is 92.0. The number of azide groups is 3. The van der Waals surface area contributed by atoms with E-state index in [-0.39, 0.29) is 85.2 Å². The van der Waals surface area contributed by atoms with Crippen molar-refractivity contribution in [1.29, 1.82) is 0 Å². The number of rotatable bonds is 32. The fourth-order valence-corrected chi connectivity index (χ4v) is 9.43. The van der Waals surface area contributed by atoms with Gasteiger partial charge < -0.3 is 105 Å². The highest BCUT2D eigenvalue weighted by Crippen LogP contribution is 2.44. The molecule has 576 valence electrons. The van der Waals surface area contributed by atoms with Gasteiger partial charge in [0, 0.05) is 38.3 Å². The molecule has 3 saturated heterocycles. The molecule has 13 N–H and O–H groups in total. The van der Waals surface area contributed by atoms with Gasteiger partial charge in [-0.15, -0.1) is 12.4 Å². The average molecular weight is 1550 g/mol. The number of carbonyl (C=O) groups excluding carboxylic acids is 6. The first-order chi connectivity index (χ1) is 50.3. The summed E-state index contributed by atoms with van der Waals surface area (Å²) in [5.74, 6) is -2.70. The number of nitrogens with one attached hydrogen (secondary N) is 3. The summed E-state index contributed by atoms with van der Waals surface area (Å²) in [6.45, 7) is -4.78. The largest absolute Gasteiger partial charge is 0.468 e. The average Bonchev–Trinajstić information content (AvgIpc) is 1.62. The Morgan fingerprint density at radius 2 is 1.07 bits per heavy atom. The topological polar surface area (TPSA) is 660 Å². The fraction of sp³-hybridized carbons (Fsp3) is 0.464. The summed E-state index contributed by atoms with van der Waals surface area (Å²) >= 11 is 5.94. The predicted molar refractivity (Wildman–Crippen MR) is 349 cm³/mol. The first-order valence-electron chi connectivity index (χ1n) is 29.7. The van der Waals surface area contributed by atoms with Crippen molar-refractivity contribution in [2.45, 2.75) is 97.0 Å². The van der Waals surface area contributed by atoms with Crippen LogP contribution in [0.1, 0.15) is 39.4 Å². The van der Waals surface area contributed by atoms with Crippen LogP contribution in [0.5, 0.6) is 0 Å². The van der Waals surface area contributed by atoms with E-state index < -0.39 is 172 Å². The van der Waals surface area contributed by atoms with Crippen LogP contribution >= 0.6 is 24.0 Å². The zero-order valence-corrected chi connectivity index (χ0v) is 56.0. The maximum absolute atomic E-state index is 16.2. The van der Waals surface area contributed by atoms with E-state index >= 15 is 4.39 Å². The van der Waals surface area contributed by atoms with E-state index in [0.717, 1.165) is 18.6 Å². The summed E-state index contributed by atoms with van der Waals surface area (Å²) in [6.07, 6.45) is -16.0. The van der Waals surface area contributed by atoms with Gasteiger partial charge in [0.15, 0.2) is 49.5 Å². The van der Waals surface area contributed by atoms with Crippen LogP contribution in [-0.4, -0.2) is 252 Å². The van der Waals surface area contributed by atoms with Gasteiger partial charge in [-0.05, 0) is 65.1 Å². The lowest BCUT2D eigenvalue weighted by molar-refractivity contribution is -0.143. The second kappa shape index (κ2) is 42.2. The third kappa shape index (κ3) is 22.3. The van der Waals surface area contributed by atoms with E-state index in [9.17, 15) is 88.1 Å². The van der Waals surface area contributed by atoms with Crippen LogP contribution in [-0.2, 0) is 61.8 Å². The number of aliphatic hydroxyl groups excluding tert-OH is 8. The van der Waals surface area contributed by atoms with Crippen LogP contribution in [0.25, 0.3) is 31.3 Å². The molecule has 0 bridgehead atoms. The predicted octanol–water partition coefficient (Wildman–Crippen LogP) is -1.51. The number of alkyl halides is 3. The maximum atomic E-state index is 16.2. The van der Waals surface area contributed by atoms with Gasteiger partial charge in [0.25, 0.3) is 19.4 Å². The lowest BCUT2D eigenvalue weighted by Gasteiger charge is -2.28. The number of aromatic nitrogens is 6. The lowest BCUT2D eigenvalue weighted by atomic mass is 10.1. The Bertz CT molecular complexity index is 4100. The van der Waals surface area contributed by atoms with E-state index in [0.29, 0.717) is 13.7 Å². The second-order valence-corrected chi connectivity index (χ2v) is 21.7. The number of nitrogens with zero attached hydrogens (tertiary/aromatic N) is 15. The number of ether oxygens (including phenoxy) is 9. The van der Waals surface area contributed by atoms with Crippen molar-refractivity contribution in [2.24, 2.45) is 21.1 Å². The number of hydrogen-bond acceptors (Lipinski definition) is 36. The molecular formula is C56H66Cl2F3N19O26. The molecule has 0 saturated carbocycles. The molecular weight excluding hydrogens is 1480 g/mol. The highest BCUT2D eigenvalue weighted by atomic mass is 35.5. The van der Waals surface area contributed by atoms with Crippen molar-refractivity contribution in [3.63, 3.8) is 0 Å². The number of hydrogen-bond donors (Lipinski definition) is 12. The van der Waals surface area contributed by atoms with Gasteiger partial charge in [0.2, 0.25) is 17.2 Å². The number of nitrogens with two attached hydrogens (primary N) is 1. The molecule has 6 heterocycles. The monoisotopic (exact) mass is 1550 g/mol. The molecule has 16 atom stereocenters. The number of halogens is 5. The first kappa shape index (κ1) is 87.5. The third-order valence-corrected chi connectivity index (χ3v) is 14.7. The molecule has 3 aromatic heterocycles. The zero-order chi connectivity index (χ0) is 77.6. The molecule has 6 unspecified atom stereocenters. The Hall–Kier alpha value is -10.9. The number of methoxy groups -OCH3 is 1. The van der Waals surface area contributed by atoms with Crippen LogP contribution in [0.15, 0.2) is 121 Å². The molecule has 106 heavy (non-hydrogen) atoms. The molecule has 0 spiro atoms. The smallest absolute Gasteiger partial charge is 0.351 e. The summed E-state index contributed by atoms with van der Waals surface area (Å²) < 4.78 is 91.5. The van der Waals surface area contributed by atoms with Crippen LogP contribution in [0.4, 0.5) is 30.6 Å². The lowest BCUT2D eigenvalue weighted by Crippen LogP contribution is -2.47. The second-order valence-electron chi connectivity index (χ2n) is 21.2. The van der Waals surface area contributed by atoms with Crippen molar-refractivity contribution in [3.8, 4) is 0 Å². The molecule has 50 heteroatoms. The van der Waals surface area contributed by atoms with Crippen molar-refractivity contribution >= 4 is 78.8 Å². The molecule has 2 aromatic carbocycles. The van der Waals surface area contributed by atoms with Crippen LogP contribution < -0.4 is 38.8 Å². The van der Waals surface area contributed by atoms with Gasteiger partial charge in [-0.2, -0.15) is 15.0 Å². The summed E-state index contributed by atoms with van der Waals surface area (Å²) in [4.78, 5) is 123. The number of carbonyl (C=O) groups is 6.